The zero-order chi connectivity index (χ0) is 18.1. The summed E-state index contributed by atoms with van der Waals surface area (Å²) in [5.41, 5.74) is 0. The van der Waals surface area contributed by atoms with Crippen LogP contribution in [0.1, 0.15) is 34.1 Å². The first kappa shape index (κ1) is 19.7. The summed E-state index contributed by atoms with van der Waals surface area (Å²) in [7, 11) is 0. The first-order chi connectivity index (χ1) is 12.1. The maximum atomic E-state index is 2.99. The molecule has 3 aromatic carbocycles. The molecule has 0 unspecified atom stereocenters. The minimum absolute atomic E-state index is 0.318. The zero-order valence-corrected chi connectivity index (χ0v) is 19.2. The fourth-order valence-electron chi connectivity index (χ4n) is 2.74. The predicted molar refractivity (Wildman–Crippen MR) is 111 cm³/mol. The molecular formula is C24H26Hf-2. The molecule has 128 valence electrons. The smallest absolute Gasteiger partial charge is 0.0771 e. The molecule has 0 nitrogen and oxygen atoms in total. The van der Waals surface area contributed by atoms with Gasteiger partial charge in [0, 0.05) is 0 Å². The molecule has 0 amide bonds. The zero-order valence-electron chi connectivity index (χ0n) is 15.6. The van der Waals surface area contributed by atoms with Gasteiger partial charge in [-0.05, 0) is 0 Å². The topological polar surface area (TPSA) is 0 Å². The summed E-state index contributed by atoms with van der Waals surface area (Å²) in [6.07, 6.45) is 10.0. The van der Waals surface area contributed by atoms with E-state index >= 15 is 0 Å². The number of benzene rings is 2. The van der Waals surface area contributed by atoms with Gasteiger partial charge in [-0.25, -0.2) is 12.2 Å². The molecule has 1 heteroatoms. The molecule has 0 bridgehead atoms. The molecule has 0 saturated carbocycles. The quantitative estimate of drug-likeness (QED) is 0.248. The van der Waals surface area contributed by atoms with E-state index < -0.39 is 0 Å². The molecule has 0 saturated heterocycles. The van der Waals surface area contributed by atoms with Crippen LogP contribution in [0.25, 0.3) is 21.5 Å². The number of fused-ring (bicyclic) bond motifs is 3. The Morgan fingerprint density at radius 1 is 0.840 bits per heavy atom. The van der Waals surface area contributed by atoms with Gasteiger partial charge in [0.15, 0.2) is 0 Å². The molecule has 0 aliphatic heterocycles. The summed E-state index contributed by atoms with van der Waals surface area (Å²) >= 11 is -0.318. The predicted octanol–water partition coefficient (Wildman–Crippen LogP) is 6.51. The molecule has 1 aliphatic rings. The van der Waals surface area contributed by atoms with Gasteiger partial charge < -0.3 is 0 Å². The first-order valence-electron chi connectivity index (χ1n) is 8.70. The van der Waals surface area contributed by atoms with E-state index in [2.05, 4.69) is 94.4 Å². The molecule has 0 heterocycles. The van der Waals surface area contributed by atoms with E-state index in [1.54, 1.807) is 6.51 Å². The molecule has 25 heavy (non-hydrogen) atoms. The molecule has 0 aromatic heterocycles. The average molecular weight is 493 g/mol. The second-order valence-electron chi connectivity index (χ2n) is 6.45. The Kier molecular flexibility index (Phi) is 8.21. The van der Waals surface area contributed by atoms with Crippen LogP contribution in [-0.2, 0) is 21.9 Å². The summed E-state index contributed by atoms with van der Waals surface area (Å²) in [4.78, 5) is 0. The second kappa shape index (κ2) is 10.4. The van der Waals surface area contributed by atoms with Crippen LogP contribution in [-0.4, -0.2) is 6.51 Å². The van der Waals surface area contributed by atoms with Crippen molar-refractivity contribution in [3.63, 3.8) is 0 Å². The van der Waals surface area contributed by atoms with Gasteiger partial charge in [-0.1, -0.05) is 36.4 Å². The maximum absolute atomic E-state index is 2.99. The van der Waals surface area contributed by atoms with Gasteiger partial charge in [0.1, 0.15) is 0 Å². The molecule has 0 atom stereocenters. The van der Waals surface area contributed by atoms with Crippen molar-refractivity contribution in [1.29, 1.82) is 0 Å². The van der Waals surface area contributed by atoms with Gasteiger partial charge in [0.2, 0.25) is 0 Å². The van der Waals surface area contributed by atoms with Crippen molar-refractivity contribution in [2.24, 2.45) is 0 Å². The molecule has 0 spiro atoms. The summed E-state index contributed by atoms with van der Waals surface area (Å²) in [5, 5.41) is 5.39. The van der Waals surface area contributed by atoms with E-state index in [4.69, 9.17) is 0 Å². The molecule has 0 radical (unpaired) electrons. The Balaban J connectivity index is 0.000000159. The van der Waals surface area contributed by atoms with E-state index in [9.17, 15) is 0 Å². The van der Waals surface area contributed by atoms with Crippen LogP contribution in [0.4, 0.5) is 0 Å². The molecule has 1 aliphatic carbocycles. The fourth-order valence-corrected chi connectivity index (χ4v) is 6.34. The third-order valence-electron chi connectivity index (χ3n) is 3.61. The number of hydrogen-bond acceptors (Lipinski definition) is 0. The van der Waals surface area contributed by atoms with Crippen LogP contribution in [0.3, 0.4) is 0 Å². The van der Waals surface area contributed by atoms with Crippen LogP contribution in [0.2, 0.25) is 0 Å². The molecular weight excluding hydrogens is 467 g/mol. The summed E-state index contributed by atoms with van der Waals surface area (Å²) in [6, 6.07) is 19.3. The Labute approximate surface area is 162 Å². The maximum Gasteiger partial charge on any atom is -0.0771 e. The Morgan fingerprint density at radius 3 is 1.68 bits per heavy atom. The number of rotatable bonds is 0. The van der Waals surface area contributed by atoms with Crippen LogP contribution >= 0.6 is 0 Å². The van der Waals surface area contributed by atoms with Gasteiger partial charge in [0.05, 0.1) is 0 Å². The van der Waals surface area contributed by atoms with Crippen molar-refractivity contribution in [3.8, 4) is 0 Å². The molecule has 4 rings (SSSR count). The molecule has 0 fully saturated rings. The SMILES string of the molecule is C[C](C)=[Hf]=[C](C)C.[C-]1=CC=CC1.c1ccc2c(c1)[cH-]c1ccccc12. The van der Waals surface area contributed by atoms with Gasteiger partial charge >= 0.3 is 56.1 Å². The summed E-state index contributed by atoms with van der Waals surface area (Å²) < 4.78 is 3.39. The van der Waals surface area contributed by atoms with Crippen molar-refractivity contribution in [2.75, 3.05) is 0 Å². The van der Waals surface area contributed by atoms with E-state index in [-0.39, 0.29) is 21.9 Å². The molecule has 0 N–H and O–H groups in total. The monoisotopic (exact) mass is 494 g/mol. The van der Waals surface area contributed by atoms with E-state index in [1.807, 2.05) is 12.2 Å². The Morgan fingerprint density at radius 2 is 1.36 bits per heavy atom. The van der Waals surface area contributed by atoms with Gasteiger partial charge in [-0.15, -0.1) is 46.2 Å². The number of hydrogen-bond donors (Lipinski definition) is 0. The number of allylic oxidation sites excluding steroid dienone is 4. The van der Waals surface area contributed by atoms with E-state index in [0.717, 1.165) is 6.42 Å². The van der Waals surface area contributed by atoms with E-state index in [0.29, 0.717) is 0 Å². The van der Waals surface area contributed by atoms with Crippen molar-refractivity contribution in [3.05, 3.63) is 78.9 Å². The van der Waals surface area contributed by atoms with Crippen molar-refractivity contribution in [1.82, 2.24) is 0 Å². The second-order valence-corrected chi connectivity index (χ2v) is 14.5. The van der Waals surface area contributed by atoms with Crippen LogP contribution in [0.15, 0.2) is 72.8 Å². The average Bonchev–Trinajstić information content (AvgIpc) is 3.25. The van der Waals surface area contributed by atoms with Gasteiger partial charge in [-0.2, -0.15) is 6.08 Å². The van der Waals surface area contributed by atoms with E-state index in [1.165, 1.54) is 21.5 Å². The van der Waals surface area contributed by atoms with Crippen LogP contribution in [0.5, 0.6) is 0 Å². The Bertz CT molecular complexity index is 864. The normalized spacial score (nSPS) is 11.4. The van der Waals surface area contributed by atoms with Crippen molar-refractivity contribution < 1.29 is 21.9 Å². The van der Waals surface area contributed by atoms with Crippen molar-refractivity contribution >= 4 is 28.1 Å². The minimum atomic E-state index is -0.318. The summed E-state index contributed by atoms with van der Waals surface area (Å²) in [6.45, 7) is 8.98. The van der Waals surface area contributed by atoms with Gasteiger partial charge in [-0.3, -0.25) is 6.08 Å². The third kappa shape index (κ3) is 6.66. The molecule has 3 aromatic rings. The largest absolute Gasteiger partial charge is 0.273 e. The van der Waals surface area contributed by atoms with Gasteiger partial charge in [0.25, 0.3) is 0 Å². The van der Waals surface area contributed by atoms with Crippen LogP contribution < -0.4 is 0 Å². The first-order valence-corrected chi connectivity index (χ1v) is 12.3. The third-order valence-corrected chi connectivity index (χ3v) is 7.20. The van der Waals surface area contributed by atoms with Crippen LogP contribution in [0, 0.1) is 6.08 Å². The minimum Gasteiger partial charge on any atom is -0.273 e. The summed E-state index contributed by atoms with van der Waals surface area (Å²) in [5.74, 6) is 0. The fraction of sp³-hybridized carbons (Fsp3) is 0.208. The standard InChI is InChI=1S/C13H9.C5H5.2C3H6.Hf/c1-3-7-12-10(5-1)9-11-6-2-4-8-13(11)12;1-2-4-5-3-1;2*1-3-2;/h1-9H;1-3H,4H2;2*1-2H3;/q2*-1;;;. The van der Waals surface area contributed by atoms with Crippen molar-refractivity contribution in [2.45, 2.75) is 34.1 Å². The Hall–Kier alpha value is -1.60.